The van der Waals surface area contributed by atoms with Crippen molar-refractivity contribution in [2.75, 3.05) is 19.1 Å². The lowest BCUT2D eigenvalue weighted by molar-refractivity contribution is 0.415. The van der Waals surface area contributed by atoms with Crippen LogP contribution >= 0.6 is 11.3 Å². The van der Waals surface area contributed by atoms with E-state index in [0.717, 1.165) is 41.5 Å². The number of benzene rings is 1. The van der Waals surface area contributed by atoms with E-state index in [4.69, 9.17) is 15.5 Å². The Morgan fingerprint density at radius 2 is 2.20 bits per heavy atom. The lowest BCUT2D eigenvalue weighted by Crippen LogP contribution is -2.17. The van der Waals surface area contributed by atoms with Crippen LogP contribution in [0.4, 0.5) is 10.8 Å². The minimum atomic E-state index is 0.0924. The number of thiazole rings is 1. The minimum absolute atomic E-state index is 0.0924. The van der Waals surface area contributed by atoms with Crippen LogP contribution in [-0.4, -0.2) is 19.1 Å². The molecule has 0 radical (unpaired) electrons. The van der Waals surface area contributed by atoms with E-state index in [2.05, 4.69) is 4.90 Å². The van der Waals surface area contributed by atoms with E-state index in [1.165, 1.54) is 4.88 Å². The van der Waals surface area contributed by atoms with Crippen LogP contribution in [0.15, 0.2) is 24.3 Å². The third kappa shape index (κ3) is 2.27. The Morgan fingerprint density at radius 1 is 1.40 bits per heavy atom. The van der Waals surface area contributed by atoms with Gasteiger partial charge in [-0.3, -0.25) is 0 Å². The topological polar surface area (TPSA) is 51.4 Å². The minimum Gasteiger partial charge on any atom is -0.495 e. The van der Waals surface area contributed by atoms with E-state index in [1.54, 1.807) is 18.4 Å². The van der Waals surface area contributed by atoms with Gasteiger partial charge in [0.15, 0.2) is 5.13 Å². The van der Waals surface area contributed by atoms with Crippen LogP contribution in [-0.2, 0) is 6.42 Å². The van der Waals surface area contributed by atoms with Crippen LogP contribution in [0, 0.1) is 0 Å². The summed E-state index contributed by atoms with van der Waals surface area (Å²) in [5.74, 6) is 0.854. The molecule has 0 bridgehead atoms. The summed E-state index contributed by atoms with van der Waals surface area (Å²) in [7, 11) is 3.71. The molecule has 20 heavy (non-hydrogen) atoms. The van der Waals surface area contributed by atoms with Crippen molar-refractivity contribution >= 4 is 22.2 Å². The first-order chi connectivity index (χ1) is 9.70. The van der Waals surface area contributed by atoms with Crippen LogP contribution in [0.25, 0.3) is 0 Å². The average Bonchev–Trinajstić information content (AvgIpc) is 2.92. The van der Waals surface area contributed by atoms with Gasteiger partial charge in [0.25, 0.3) is 0 Å². The fraction of sp³-hybridized carbons (Fsp3) is 0.400. The summed E-state index contributed by atoms with van der Waals surface area (Å²) >= 11 is 1.74. The van der Waals surface area contributed by atoms with Crippen molar-refractivity contribution in [2.45, 2.75) is 25.3 Å². The van der Waals surface area contributed by atoms with Crippen molar-refractivity contribution in [2.24, 2.45) is 5.73 Å². The molecular formula is C15H19N3OS. The Bertz CT molecular complexity index is 611. The predicted octanol–water partition coefficient (Wildman–Crippen LogP) is 3.26. The summed E-state index contributed by atoms with van der Waals surface area (Å²) < 4.78 is 5.42. The van der Waals surface area contributed by atoms with Gasteiger partial charge >= 0.3 is 0 Å². The molecule has 1 aliphatic carbocycles. The fourth-order valence-electron chi connectivity index (χ4n) is 2.59. The van der Waals surface area contributed by atoms with E-state index in [-0.39, 0.29) is 6.04 Å². The molecule has 1 aromatic heterocycles. The molecule has 0 amide bonds. The third-order valence-corrected chi connectivity index (χ3v) is 4.93. The molecule has 3 rings (SSSR count). The third-order valence-electron chi connectivity index (χ3n) is 3.72. The maximum Gasteiger partial charge on any atom is 0.190 e. The lowest BCUT2D eigenvalue weighted by Gasteiger charge is -2.18. The molecule has 1 heterocycles. The summed E-state index contributed by atoms with van der Waals surface area (Å²) in [4.78, 5) is 8.16. The van der Waals surface area contributed by atoms with Gasteiger partial charge in [0.2, 0.25) is 0 Å². The zero-order valence-corrected chi connectivity index (χ0v) is 12.6. The summed E-state index contributed by atoms with van der Waals surface area (Å²) in [6.45, 7) is 0. The van der Waals surface area contributed by atoms with Gasteiger partial charge in [0.1, 0.15) is 5.75 Å². The number of anilines is 2. The maximum atomic E-state index is 6.16. The molecule has 1 aromatic carbocycles. The number of hydrogen-bond acceptors (Lipinski definition) is 5. The quantitative estimate of drug-likeness (QED) is 0.942. The van der Waals surface area contributed by atoms with Gasteiger partial charge in [-0.15, -0.1) is 11.3 Å². The molecule has 0 fully saturated rings. The van der Waals surface area contributed by atoms with Gasteiger partial charge in [-0.1, -0.05) is 12.1 Å². The Hall–Kier alpha value is -1.59. The van der Waals surface area contributed by atoms with E-state index >= 15 is 0 Å². The summed E-state index contributed by atoms with van der Waals surface area (Å²) in [6, 6.07) is 8.08. The number of nitrogens with two attached hydrogens (primary N) is 1. The standard InChI is InChI=1S/C15H19N3OS/c1-18(11-7-3-4-8-12(11)19-2)15-17-14-10(16)6-5-9-13(14)20-15/h3-4,7-8,10H,5-6,9,16H2,1-2H3. The second kappa shape index (κ2) is 5.42. The molecule has 1 atom stereocenters. The van der Waals surface area contributed by atoms with Crippen molar-refractivity contribution in [3.05, 3.63) is 34.8 Å². The fourth-order valence-corrected chi connectivity index (χ4v) is 3.74. The highest BCUT2D eigenvalue weighted by Crippen LogP contribution is 2.39. The highest BCUT2D eigenvalue weighted by Gasteiger charge is 2.23. The van der Waals surface area contributed by atoms with Crippen LogP contribution in [0.1, 0.15) is 29.5 Å². The number of nitrogens with zero attached hydrogens (tertiary/aromatic N) is 2. The van der Waals surface area contributed by atoms with Crippen molar-refractivity contribution in [1.29, 1.82) is 0 Å². The summed E-state index contributed by atoms with van der Waals surface area (Å²) in [6.07, 6.45) is 3.29. The Labute approximate surface area is 123 Å². The van der Waals surface area contributed by atoms with Gasteiger partial charge in [-0.25, -0.2) is 4.98 Å². The molecule has 1 aliphatic rings. The molecule has 0 aliphatic heterocycles. The second-order valence-electron chi connectivity index (χ2n) is 5.03. The molecule has 4 nitrogen and oxygen atoms in total. The molecule has 2 N–H and O–H groups in total. The first kappa shape index (κ1) is 13.4. The maximum absolute atomic E-state index is 6.16. The number of aryl methyl sites for hydroxylation is 1. The summed E-state index contributed by atoms with van der Waals surface area (Å²) in [5, 5.41) is 0.983. The molecule has 2 aromatic rings. The van der Waals surface area contributed by atoms with E-state index in [1.807, 2.05) is 31.3 Å². The number of rotatable bonds is 3. The van der Waals surface area contributed by atoms with Crippen molar-refractivity contribution in [3.8, 4) is 5.75 Å². The molecule has 106 valence electrons. The zero-order chi connectivity index (χ0) is 14.1. The van der Waals surface area contributed by atoms with E-state index in [9.17, 15) is 0 Å². The number of aromatic nitrogens is 1. The van der Waals surface area contributed by atoms with Crippen LogP contribution in [0.3, 0.4) is 0 Å². The first-order valence-corrected chi connectivity index (χ1v) is 7.64. The average molecular weight is 289 g/mol. The van der Waals surface area contributed by atoms with Gasteiger partial charge in [0.05, 0.1) is 18.5 Å². The normalized spacial score (nSPS) is 17.6. The van der Waals surface area contributed by atoms with E-state index in [0.29, 0.717) is 0 Å². The monoisotopic (exact) mass is 289 g/mol. The first-order valence-electron chi connectivity index (χ1n) is 6.82. The van der Waals surface area contributed by atoms with E-state index < -0.39 is 0 Å². The molecule has 1 unspecified atom stereocenters. The zero-order valence-electron chi connectivity index (χ0n) is 11.8. The molecule has 5 heteroatoms. The molecule has 0 saturated heterocycles. The van der Waals surface area contributed by atoms with Crippen molar-refractivity contribution in [3.63, 3.8) is 0 Å². The Kier molecular flexibility index (Phi) is 3.63. The highest BCUT2D eigenvalue weighted by atomic mass is 32.1. The molecule has 0 saturated carbocycles. The Balaban J connectivity index is 1.96. The second-order valence-corrected chi connectivity index (χ2v) is 6.10. The highest BCUT2D eigenvalue weighted by molar-refractivity contribution is 7.15. The van der Waals surface area contributed by atoms with Gasteiger partial charge in [0, 0.05) is 18.0 Å². The van der Waals surface area contributed by atoms with Gasteiger partial charge in [-0.2, -0.15) is 0 Å². The molecule has 0 spiro atoms. The van der Waals surface area contributed by atoms with Gasteiger partial charge < -0.3 is 15.4 Å². The largest absolute Gasteiger partial charge is 0.495 e. The smallest absolute Gasteiger partial charge is 0.190 e. The lowest BCUT2D eigenvalue weighted by atomic mass is 9.99. The Morgan fingerprint density at radius 3 is 2.95 bits per heavy atom. The number of ether oxygens (including phenoxy) is 1. The van der Waals surface area contributed by atoms with Crippen LogP contribution in [0.2, 0.25) is 0 Å². The number of methoxy groups -OCH3 is 1. The number of fused-ring (bicyclic) bond motifs is 1. The predicted molar refractivity (Wildman–Crippen MR) is 83.0 cm³/mol. The number of para-hydroxylation sites is 2. The van der Waals surface area contributed by atoms with Crippen molar-refractivity contribution < 1.29 is 4.74 Å². The number of hydrogen-bond donors (Lipinski definition) is 1. The van der Waals surface area contributed by atoms with Crippen LogP contribution < -0.4 is 15.4 Å². The van der Waals surface area contributed by atoms with Crippen LogP contribution in [0.5, 0.6) is 5.75 Å². The van der Waals surface area contributed by atoms with Crippen molar-refractivity contribution in [1.82, 2.24) is 4.98 Å². The SMILES string of the molecule is COc1ccccc1N(C)c1nc2c(s1)CCCC2N. The molecular weight excluding hydrogens is 270 g/mol. The van der Waals surface area contributed by atoms with Gasteiger partial charge in [-0.05, 0) is 31.4 Å². The summed E-state index contributed by atoms with van der Waals surface area (Å²) in [5.41, 5.74) is 8.26.